The SMILES string of the molecule is CCC(Nc1cccc(NC(=O)CO)c1)c1ccc(F)cc1F. The van der Waals surface area contributed by atoms with Crippen LogP contribution in [-0.2, 0) is 4.79 Å². The van der Waals surface area contributed by atoms with E-state index in [9.17, 15) is 13.6 Å². The van der Waals surface area contributed by atoms with Crippen LogP contribution in [0.4, 0.5) is 20.2 Å². The Balaban J connectivity index is 2.18. The van der Waals surface area contributed by atoms with Crippen molar-refractivity contribution < 1.29 is 18.7 Å². The lowest BCUT2D eigenvalue weighted by Gasteiger charge is -2.20. The fraction of sp³-hybridized carbons (Fsp3) is 0.235. The average Bonchev–Trinajstić information content (AvgIpc) is 2.53. The summed E-state index contributed by atoms with van der Waals surface area (Å²) in [7, 11) is 0. The van der Waals surface area contributed by atoms with Gasteiger partial charge in [-0.25, -0.2) is 8.78 Å². The van der Waals surface area contributed by atoms with Gasteiger partial charge in [-0.15, -0.1) is 0 Å². The third kappa shape index (κ3) is 4.50. The molecule has 122 valence electrons. The summed E-state index contributed by atoms with van der Waals surface area (Å²) in [5.74, 6) is -1.73. The van der Waals surface area contributed by atoms with Gasteiger partial charge in [0, 0.05) is 23.0 Å². The number of benzene rings is 2. The van der Waals surface area contributed by atoms with Crippen LogP contribution in [0, 0.1) is 11.6 Å². The Kier molecular flexibility index (Phi) is 5.65. The third-order valence-corrected chi connectivity index (χ3v) is 3.38. The molecule has 0 aliphatic rings. The van der Waals surface area contributed by atoms with E-state index in [0.717, 1.165) is 6.07 Å². The molecule has 0 saturated heterocycles. The van der Waals surface area contributed by atoms with Crippen LogP contribution in [0.2, 0.25) is 0 Å². The third-order valence-electron chi connectivity index (χ3n) is 3.38. The van der Waals surface area contributed by atoms with Gasteiger partial charge in [0.05, 0.1) is 6.04 Å². The summed E-state index contributed by atoms with van der Waals surface area (Å²) in [6.07, 6.45) is 0.593. The van der Waals surface area contributed by atoms with Gasteiger partial charge < -0.3 is 15.7 Å². The van der Waals surface area contributed by atoms with E-state index in [0.29, 0.717) is 23.4 Å². The summed E-state index contributed by atoms with van der Waals surface area (Å²) in [6, 6.07) is 10.0. The van der Waals surface area contributed by atoms with Crippen molar-refractivity contribution in [1.29, 1.82) is 0 Å². The van der Waals surface area contributed by atoms with Crippen LogP contribution >= 0.6 is 0 Å². The van der Waals surface area contributed by atoms with E-state index >= 15 is 0 Å². The highest BCUT2D eigenvalue weighted by Gasteiger charge is 2.15. The smallest absolute Gasteiger partial charge is 0.250 e. The zero-order chi connectivity index (χ0) is 16.8. The standard InChI is InChI=1S/C17H18F2N2O2/c1-2-16(14-7-6-11(18)8-15(14)19)20-12-4-3-5-13(9-12)21-17(23)10-22/h3-9,16,20,22H,2,10H2,1H3,(H,21,23). The second-order valence-electron chi connectivity index (χ2n) is 5.06. The zero-order valence-corrected chi connectivity index (χ0v) is 12.6. The van der Waals surface area contributed by atoms with E-state index in [1.54, 1.807) is 24.3 Å². The van der Waals surface area contributed by atoms with Crippen LogP contribution in [0.15, 0.2) is 42.5 Å². The number of aliphatic hydroxyl groups is 1. The Morgan fingerprint density at radius 2 is 1.91 bits per heavy atom. The normalized spacial score (nSPS) is 11.8. The molecule has 0 bridgehead atoms. The zero-order valence-electron chi connectivity index (χ0n) is 12.6. The van der Waals surface area contributed by atoms with Gasteiger partial charge in [0.1, 0.15) is 18.2 Å². The molecular weight excluding hydrogens is 302 g/mol. The molecule has 0 heterocycles. The Hall–Kier alpha value is -2.47. The molecule has 2 aromatic carbocycles. The van der Waals surface area contributed by atoms with Crippen LogP contribution in [0.5, 0.6) is 0 Å². The summed E-state index contributed by atoms with van der Waals surface area (Å²) in [5, 5.41) is 14.4. The second-order valence-corrected chi connectivity index (χ2v) is 5.06. The molecular formula is C17H18F2N2O2. The maximum Gasteiger partial charge on any atom is 0.250 e. The van der Waals surface area contributed by atoms with Crippen LogP contribution < -0.4 is 10.6 Å². The fourth-order valence-corrected chi connectivity index (χ4v) is 2.27. The molecule has 23 heavy (non-hydrogen) atoms. The topological polar surface area (TPSA) is 61.4 Å². The predicted octanol–water partition coefficient (Wildman–Crippen LogP) is 3.46. The molecule has 0 aromatic heterocycles. The Labute approximate surface area is 133 Å². The number of halogens is 2. The van der Waals surface area contributed by atoms with Crippen LogP contribution in [0.1, 0.15) is 24.9 Å². The molecule has 2 rings (SSSR count). The van der Waals surface area contributed by atoms with Gasteiger partial charge in [0.25, 0.3) is 0 Å². The van der Waals surface area contributed by atoms with Gasteiger partial charge in [-0.05, 0) is 30.7 Å². The van der Waals surface area contributed by atoms with Crippen molar-refractivity contribution in [2.45, 2.75) is 19.4 Å². The number of amides is 1. The Bertz CT molecular complexity index is 692. The van der Waals surface area contributed by atoms with Crippen molar-refractivity contribution in [2.75, 3.05) is 17.2 Å². The largest absolute Gasteiger partial charge is 0.387 e. The first-order chi connectivity index (χ1) is 11.0. The minimum absolute atomic E-state index is 0.334. The number of carbonyl (C=O) groups is 1. The molecule has 2 aromatic rings. The molecule has 0 radical (unpaired) electrons. The van der Waals surface area contributed by atoms with Gasteiger partial charge in [0.2, 0.25) is 5.91 Å². The second kappa shape index (κ2) is 7.69. The average molecular weight is 320 g/mol. The Morgan fingerprint density at radius 3 is 2.57 bits per heavy atom. The fourth-order valence-electron chi connectivity index (χ4n) is 2.27. The van der Waals surface area contributed by atoms with Gasteiger partial charge in [-0.3, -0.25) is 4.79 Å². The monoisotopic (exact) mass is 320 g/mol. The van der Waals surface area contributed by atoms with Gasteiger partial charge in [-0.1, -0.05) is 19.1 Å². The van der Waals surface area contributed by atoms with E-state index in [1.807, 2.05) is 6.92 Å². The summed E-state index contributed by atoms with van der Waals surface area (Å²) in [5.41, 5.74) is 1.57. The molecule has 0 saturated carbocycles. The lowest BCUT2D eigenvalue weighted by atomic mass is 10.0. The van der Waals surface area contributed by atoms with Gasteiger partial charge in [-0.2, -0.15) is 0 Å². The van der Waals surface area contributed by atoms with Crippen LogP contribution in [-0.4, -0.2) is 17.6 Å². The van der Waals surface area contributed by atoms with Crippen LogP contribution in [0.3, 0.4) is 0 Å². The molecule has 1 amide bonds. The first-order valence-electron chi connectivity index (χ1n) is 7.25. The highest BCUT2D eigenvalue weighted by atomic mass is 19.1. The minimum Gasteiger partial charge on any atom is -0.387 e. The van der Waals surface area contributed by atoms with E-state index in [2.05, 4.69) is 10.6 Å². The summed E-state index contributed by atoms with van der Waals surface area (Å²) < 4.78 is 27.0. The van der Waals surface area contributed by atoms with E-state index in [-0.39, 0.29) is 6.04 Å². The summed E-state index contributed by atoms with van der Waals surface area (Å²) >= 11 is 0. The molecule has 0 fully saturated rings. The number of hydrogen-bond acceptors (Lipinski definition) is 3. The van der Waals surface area contributed by atoms with Crippen molar-refractivity contribution in [3.63, 3.8) is 0 Å². The molecule has 6 heteroatoms. The molecule has 0 spiro atoms. The highest BCUT2D eigenvalue weighted by Crippen LogP contribution is 2.26. The molecule has 0 aliphatic heterocycles. The first kappa shape index (κ1) is 16.9. The molecule has 1 atom stereocenters. The van der Waals surface area contributed by atoms with Gasteiger partial charge in [0.15, 0.2) is 0 Å². The van der Waals surface area contributed by atoms with Crippen molar-refractivity contribution >= 4 is 17.3 Å². The van der Waals surface area contributed by atoms with Crippen molar-refractivity contribution in [3.8, 4) is 0 Å². The molecule has 3 N–H and O–H groups in total. The number of hydrogen-bond donors (Lipinski definition) is 3. The predicted molar refractivity (Wildman–Crippen MR) is 85.2 cm³/mol. The maximum absolute atomic E-state index is 13.9. The van der Waals surface area contributed by atoms with Crippen molar-refractivity contribution in [1.82, 2.24) is 0 Å². The number of anilines is 2. The minimum atomic E-state index is -0.616. The molecule has 0 aliphatic carbocycles. The number of carbonyl (C=O) groups excluding carboxylic acids is 1. The quantitative estimate of drug-likeness (QED) is 0.764. The van der Waals surface area contributed by atoms with Crippen molar-refractivity contribution in [3.05, 3.63) is 59.7 Å². The van der Waals surface area contributed by atoms with Crippen molar-refractivity contribution in [2.24, 2.45) is 0 Å². The lowest BCUT2D eigenvalue weighted by molar-refractivity contribution is -0.118. The highest BCUT2D eigenvalue weighted by molar-refractivity contribution is 5.91. The van der Waals surface area contributed by atoms with E-state index in [4.69, 9.17) is 5.11 Å². The number of nitrogens with one attached hydrogen (secondary N) is 2. The summed E-state index contributed by atoms with van der Waals surface area (Å²) in [6.45, 7) is 1.29. The van der Waals surface area contributed by atoms with E-state index < -0.39 is 24.1 Å². The maximum atomic E-state index is 13.9. The molecule has 4 nitrogen and oxygen atoms in total. The number of aliphatic hydroxyl groups excluding tert-OH is 1. The van der Waals surface area contributed by atoms with Gasteiger partial charge >= 0.3 is 0 Å². The first-order valence-corrected chi connectivity index (χ1v) is 7.25. The van der Waals surface area contributed by atoms with E-state index in [1.165, 1.54) is 12.1 Å². The number of rotatable bonds is 6. The van der Waals surface area contributed by atoms with Crippen LogP contribution in [0.25, 0.3) is 0 Å². The molecule has 1 unspecified atom stereocenters. The Morgan fingerprint density at radius 1 is 1.17 bits per heavy atom. The lowest BCUT2D eigenvalue weighted by Crippen LogP contribution is -2.16. The summed E-state index contributed by atoms with van der Waals surface area (Å²) in [4.78, 5) is 11.2.